The fourth-order valence-corrected chi connectivity index (χ4v) is 2.78. The minimum atomic E-state index is 0. The van der Waals surface area contributed by atoms with E-state index in [1.807, 2.05) is 24.3 Å². The minimum Gasteiger partial charge on any atom is -0.353 e. The molecule has 1 aromatic rings. The normalized spacial score (nSPS) is 19.8. The Hall–Kier alpha value is -0.580. The maximum atomic E-state index is 12.0. The first-order chi connectivity index (χ1) is 9.15. The zero-order valence-electron chi connectivity index (χ0n) is 11.7. The Bertz CT molecular complexity index is 418. The molecule has 0 saturated carbocycles. The molecule has 1 aliphatic rings. The van der Waals surface area contributed by atoms with Gasteiger partial charge in [-0.2, -0.15) is 0 Å². The summed E-state index contributed by atoms with van der Waals surface area (Å²) in [6.07, 6.45) is 2.86. The van der Waals surface area contributed by atoms with Gasteiger partial charge in [-0.1, -0.05) is 28.1 Å². The van der Waals surface area contributed by atoms with Crippen molar-refractivity contribution in [3.8, 4) is 0 Å². The highest BCUT2D eigenvalue weighted by Crippen LogP contribution is 2.15. The summed E-state index contributed by atoms with van der Waals surface area (Å²) in [6.45, 7) is 4.23. The molecule has 5 heteroatoms. The van der Waals surface area contributed by atoms with Crippen LogP contribution in [0.1, 0.15) is 25.3 Å². The second kappa shape index (κ2) is 8.65. The van der Waals surface area contributed by atoms with Crippen LogP contribution in [-0.2, 0) is 11.2 Å². The fourth-order valence-electron chi connectivity index (χ4n) is 2.52. The summed E-state index contributed by atoms with van der Waals surface area (Å²) in [6, 6.07) is 8.15. The summed E-state index contributed by atoms with van der Waals surface area (Å²) in [5, 5.41) is 6.51. The molecule has 1 heterocycles. The maximum absolute atomic E-state index is 12.0. The van der Waals surface area contributed by atoms with Gasteiger partial charge in [0.1, 0.15) is 0 Å². The van der Waals surface area contributed by atoms with Crippen molar-refractivity contribution >= 4 is 34.2 Å². The number of carbonyl (C=O) groups is 1. The Balaban J connectivity index is 0.00000200. The number of hydrogen-bond acceptors (Lipinski definition) is 2. The number of amides is 1. The van der Waals surface area contributed by atoms with Gasteiger partial charge in [-0.15, -0.1) is 12.4 Å². The topological polar surface area (TPSA) is 41.1 Å². The number of piperidine rings is 1. The lowest BCUT2D eigenvalue weighted by Gasteiger charge is -2.29. The molecule has 112 valence electrons. The molecule has 0 aliphatic carbocycles. The Morgan fingerprint density at radius 2 is 2.15 bits per heavy atom. The molecule has 20 heavy (non-hydrogen) atoms. The van der Waals surface area contributed by atoms with E-state index in [1.54, 1.807) is 0 Å². The van der Waals surface area contributed by atoms with Crippen LogP contribution in [0.15, 0.2) is 28.7 Å². The third-order valence-corrected chi connectivity index (χ3v) is 4.24. The van der Waals surface area contributed by atoms with Gasteiger partial charge in [0.2, 0.25) is 5.91 Å². The van der Waals surface area contributed by atoms with Gasteiger partial charge >= 0.3 is 0 Å². The van der Waals surface area contributed by atoms with Crippen molar-refractivity contribution in [2.24, 2.45) is 5.92 Å². The van der Waals surface area contributed by atoms with E-state index in [0.29, 0.717) is 12.3 Å². The van der Waals surface area contributed by atoms with E-state index in [4.69, 9.17) is 0 Å². The molecule has 3 nitrogen and oxygen atoms in total. The van der Waals surface area contributed by atoms with Gasteiger partial charge in [-0.3, -0.25) is 4.79 Å². The molecule has 1 saturated heterocycles. The van der Waals surface area contributed by atoms with Crippen LogP contribution in [0.3, 0.4) is 0 Å². The summed E-state index contributed by atoms with van der Waals surface area (Å²) < 4.78 is 1.04. The van der Waals surface area contributed by atoms with Crippen LogP contribution in [-0.4, -0.2) is 25.0 Å². The maximum Gasteiger partial charge on any atom is 0.224 e. The average Bonchev–Trinajstić information content (AvgIpc) is 2.42. The zero-order chi connectivity index (χ0) is 13.7. The van der Waals surface area contributed by atoms with Crippen molar-refractivity contribution in [3.63, 3.8) is 0 Å². The Morgan fingerprint density at radius 3 is 2.75 bits per heavy atom. The minimum absolute atomic E-state index is 0. The number of benzene rings is 1. The molecular weight excluding hydrogens is 340 g/mol. The van der Waals surface area contributed by atoms with Crippen LogP contribution in [0.5, 0.6) is 0 Å². The first-order valence-electron chi connectivity index (χ1n) is 6.89. The van der Waals surface area contributed by atoms with Crippen LogP contribution in [0.25, 0.3) is 0 Å². The van der Waals surface area contributed by atoms with Crippen molar-refractivity contribution in [2.45, 2.75) is 32.2 Å². The van der Waals surface area contributed by atoms with E-state index in [1.165, 1.54) is 12.8 Å². The van der Waals surface area contributed by atoms with Crippen LogP contribution in [0, 0.1) is 5.92 Å². The van der Waals surface area contributed by atoms with E-state index in [9.17, 15) is 4.79 Å². The molecule has 2 atom stereocenters. The second-order valence-electron chi connectivity index (χ2n) is 5.27. The van der Waals surface area contributed by atoms with Crippen LogP contribution in [0.2, 0.25) is 0 Å². The molecular formula is C15H22BrClN2O. The van der Waals surface area contributed by atoms with E-state index in [2.05, 4.69) is 33.5 Å². The first-order valence-corrected chi connectivity index (χ1v) is 7.69. The number of carbonyl (C=O) groups excluding carboxylic acids is 1. The van der Waals surface area contributed by atoms with Gasteiger partial charge < -0.3 is 10.6 Å². The predicted molar refractivity (Wildman–Crippen MR) is 88.3 cm³/mol. The van der Waals surface area contributed by atoms with E-state index >= 15 is 0 Å². The third kappa shape index (κ3) is 5.43. The highest BCUT2D eigenvalue weighted by atomic mass is 79.9. The van der Waals surface area contributed by atoms with Crippen LogP contribution < -0.4 is 10.6 Å². The van der Waals surface area contributed by atoms with Gasteiger partial charge in [0.15, 0.2) is 0 Å². The summed E-state index contributed by atoms with van der Waals surface area (Å²) in [5.41, 5.74) is 1.05. The molecule has 2 N–H and O–H groups in total. The van der Waals surface area contributed by atoms with Crippen molar-refractivity contribution in [2.75, 3.05) is 13.1 Å². The summed E-state index contributed by atoms with van der Waals surface area (Å²) in [4.78, 5) is 12.0. The Kier molecular flexibility index (Phi) is 7.56. The van der Waals surface area contributed by atoms with Crippen molar-refractivity contribution in [1.29, 1.82) is 0 Å². The SMILES string of the molecule is CC(NC(=O)Cc1ccc(Br)cc1)C1CCCNC1.Cl. The summed E-state index contributed by atoms with van der Waals surface area (Å²) in [7, 11) is 0. The highest BCUT2D eigenvalue weighted by molar-refractivity contribution is 9.10. The highest BCUT2D eigenvalue weighted by Gasteiger charge is 2.21. The first kappa shape index (κ1) is 17.5. The molecule has 0 spiro atoms. The molecule has 0 radical (unpaired) electrons. The largest absolute Gasteiger partial charge is 0.353 e. The average molecular weight is 362 g/mol. The number of halogens is 2. The lowest BCUT2D eigenvalue weighted by Crippen LogP contribution is -2.45. The standard InChI is InChI=1S/C15H21BrN2O.ClH/c1-11(13-3-2-8-17-10-13)18-15(19)9-12-4-6-14(16)7-5-12;/h4-7,11,13,17H,2-3,8-10H2,1H3,(H,18,19);1H. The van der Waals surface area contributed by atoms with Gasteiger partial charge in [-0.25, -0.2) is 0 Å². The zero-order valence-corrected chi connectivity index (χ0v) is 14.1. The second-order valence-corrected chi connectivity index (χ2v) is 6.18. The quantitative estimate of drug-likeness (QED) is 0.866. The fraction of sp³-hybridized carbons (Fsp3) is 0.533. The number of nitrogens with one attached hydrogen (secondary N) is 2. The molecule has 1 aliphatic heterocycles. The molecule has 1 amide bonds. The van der Waals surface area contributed by atoms with E-state index < -0.39 is 0 Å². The van der Waals surface area contributed by atoms with Crippen molar-refractivity contribution in [1.82, 2.24) is 10.6 Å². The van der Waals surface area contributed by atoms with Crippen molar-refractivity contribution in [3.05, 3.63) is 34.3 Å². The summed E-state index contributed by atoms with van der Waals surface area (Å²) >= 11 is 3.40. The van der Waals surface area contributed by atoms with Gasteiger partial charge in [0.25, 0.3) is 0 Å². The molecule has 0 bridgehead atoms. The van der Waals surface area contributed by atoms with Crippen molar-refractivity contribution < 1.29 is 4.79 Å². The summed E-state index contributed by atoms with van der Waals surface area (Å²) in [5.74, 6) is 0.669. The Morgan fingerprint density at radius 1 is 1.45 bits per heavy atom. The lowest BCUT2D eigenvalue weighted by atomic mass is 9.92. The molecule has 2 unspecified atom stereocenters. The monoisotopic (exact) mass is 360 g/mol. The molecule has 0 aromatic heterocycles. The molecule has 1 aromatic carbocycles. The smallest absolute Gasteiger partial charge is 0.224 e. The third-order valence-electron chi connectivity index (χ3n) is 3.71. The van der Waals surface area contributed by atoms with E-state index in [0.717, 1.165) is 23.1 Å². The van der Waals surface area contributed by atoms with Gasteiger partial charge in [0.05, 0.1) is 6.42 Å². The van der Waals surface area contributed by atoms with Gasteiger partial charge in [-0.05, 0) is 56.5 Å². The van der Waals surface area contributed by atoms with Crippen LogP contribution in [0.4, 0.5) is 0 Å². The van der Waals surface area contributed by atoms with E-state index in [-0.39, 0.29) is 24.4 Å². The predicted octanol–water partition coefficient (Wildman–Crippen LogP) is 2.92. The number of rotatable bonds is 4. The van der Waals surface area contributed by atoms with Crippen LogP contribution >= 0.6 is 28.3 Å². The Labute approximate surface area is 135 Å². The number of hydrogen-bond donors (Lipinski definition) is 2. The molecule has 2 rings (SSSR count). The lowest BCUT2D eigenvalue weighted by molar-refractivity contribution is -0.121. The molecule has 1 fully saturated rings. The van der Waals surface area contributed by atoms with Gasteiger partial charge in [0, 0.05) is 10.5 Å².